The van der Waals surface area contributed by atoms with Crippen molar-refractivity contribution in [3.8, 4) is 22.9 Å². The molecule has 0 saturated heterocycles. The number of rotatable bonds is 5. The smallest absolute Gasteiger partial charge is 0.350 e. The van der Waals surface area contributed by atoms with Gasteiger partial charge in [0.1, 0.15) is 17.4 Å². The van der Waals surface area contributed by atoms with Crippen LogP contribution in [0.15, 0.2) is 24.3 Å². The quantitative estimate of drug-likeness (QED) is 0.784. The van der Waals surface area contributed by atoms with Gasteiger partial charge < -0.3 is 14.2 Å². The van der Waals surface area contributed by atoms with Crippen molar-refractivity contribution in [1.29, 1.82) is 0 Å². The van der Waals surface area contributed by atoms with Crippen molar-refractivity contribution in [2.75, 3.05) is 14.2 Å². The van der Waals surface area contributed by atoms with Crippen LogP contribution in [0.5, 0.6) is 11.6 Å². The highest BCUT2D eigenvalue weighted by Crippen LogP contribution is 2.41. The Balaban J connectivity index is 1.97. The number of aryl methyl sites for hydroxylation is 1. The first-order chi connectivity index (χ1) is 11.5. The summed E-state index contributed by atoms with van der Waals surface area (Å²) in [6.45, 7) is 1.71. The van der Waals surface area contributed by atoms with Crippen molar-refractivity contribution < 1.29 is 23.4 Å². The summed E-state index contributed by atoms with van der Waals surface area (Å²) in [5, 5.41) is 0. The average Bonchev–Trinajstić information content (AvgIpc) is 3.34. The Hall–Kier alpha value is -2.70. The monoisotopic (exact) mass is 332 g/mol. The Morgan fingerprint density at radius 1 is 1.21 bits per heavy atom. The molecule has 24 heavy (non-hydrogen) atoms. The van der Waals surface area contributed by atoms with Crippen LogP contribution >= 0.6 is 0 Å². The summed E-state index contributed by atoms with van der Waals surface area (Å²) < 4.78 is 29.1. The van der Waals surface area contributed by atoms with Crippen LogP contribution in [0.2, 0.25) is 0 Å². The van der Waals surface area contributed by atoms with E-state index in [-0.39, 0.29) is 5.88 Å². The highest BCUT2D eigenvalue weighted by atomic mass is 19.1. The fourth-order valence-electron chi connectivity index (χ4n) is 2.45. The van der Waals surface area contributed by atoms with E-state index in [2.05, 4.69) is 9.97 Å². The van der Waals surface area contributed by atoms with E-state index in [4.69, 9.17) is 14.2 Å². The number of esters is 1. The minimum atomic E-state index is -0.959. The molecule has 1 fully saturated rings. The van der Waals surface area contributed by atoms with Gasteiger partial charge in [-0.25, -0.2) is 14.2 Å². The molecule has 3 rings (SSSR count). The maximum Gasteiger partial charge on any atom is 0.350 e. The molecule has 0 aliphatic heterocycles. The van der Waals surface area contributed by atoms with Crippen molar-refractivity contribution in [3.05, 3.63) is 35.9 Å². The van der Waals surface area contributed by atoms with E-state index < -0.39 is 17.4 Å². The van der Waals surface area contributed by atoms with E-state index >= 15 is 0 Å². The van der Waals surface area contributed by atoms with Crippen LogP contribution in [0.1, 0.15) is 18.7 Å². The highest BCUT2D eigenvalue weighted by Gasteiger charge is 2.54. The average molecular weight is 332 g/mol. The maximum absolute atomic E-state index is 13.4. The Morgan fingerprint density at radius 2 is 1.96 bits per heavy atom. The highest BCUT2D eigenvalue weighted by molar-refractivity contribution is 5.83. The van der Waals surface area contributed by atoms with Crippen LogP contribution in [0.3, 0.4) is 0 Å². The molecule has 0 N–H and O–H groups in total. The number of hydrogen-bond acceptors (Lipinski definition) is 6. The summed E-state index contributed by atoms with van der Waals surface area (Å²) in [7, 11) is 2.78. The van der Waals surface area contributed by atoms with Crippen LogP contribution in [-0.4, -0.2) is 35.8 Å². The lowest BCUT2D eigenvalue weighted by Gasteiger charge is -2.16. The van der Waals surface area contributed by atoms with Crippen LogP contribution in [-0.2, 0) is 9.53 Å². The molecule has 1 saturated carbocycles. The zero-order valence-corrected chi connectivity index (χ0v) is 13.6. The third-order valence-electron chi connectivity index (χ3n) is 3.82. The molecule has 1 heterocycles. The van der Waals surface area contributed by atoms with Gasteiger partial charge in [0.05, 0.1) is 19.9 Å². The number of carbonyl (C=O) groups is 1. The van der Waals surface area contributed by atoms with Gasteiger partial charge in [0.2, 0.25) is 11.5 Å². The molecular formula is C17H17FN2O4. The molecule has 0 unspecified atom stereocenters. The van der Waals surface area contributed by atoms with Gasteiger partial charge >= 0.3 is 5.97 Å². The van der Waals surface area contributed by atoms with Gasteiger partial charge in [-0.1, -0.05) is 0 Å². The molecule has 0 spiro atoms. The fourth-order valence-corrected chi connectivity index (χ4v) is 2.45. The molecule has 126 valence electrons. The zero-order chi connectivity index (χ0) is 17.3. The van der Waals surface area contributed by atoms with E-state index in [1.54, 1.807) is 19.1 Å². The van der Waals surface area contributed by atoms with Crippen LogP contribution in [0.25, 0.3) is 11.3 Å². The first-order valence-electron chi connectivity index (χ1n) is 7.44. The molecule has 1 aromatic carbocycles. The molecule has 0 bridgehead atoms. The minimum absolute atomic E-state index is 0.270. The Morgan fingerprint density at radius 3 is 2.58 bits per heavy atom. The molecule has 1 aromatic heterocycles. The van der Waals surface area contributed by atoms with Gasteiger partial charge in [-0.2, -0.15) is 4.98 Å². The van der Waals surface area contributed by atoms with E-state index in [9.17, 15) is 9.18 Å². The second-order valence-corrected chi connectivity index (χ2v) is 5.57. The molecule has 6 nitrogen and oxygen atoms in total. The number of carbonyl (C=O) groups excluding carboxylic acids is 1. The lowest BCUT2D eigenvalue weighted by atomic mass is 10.1. The molecule has 2 aromatic rings. The molecule has 0 radical (unpaired) electrons. The Bertz CT molecular complexity index is 790. The van der Waals surface area contributed by atoms with Gasteiger partial charge in [-0.3, -0.25) is 0 Å². The number of nitrogens with zero attached hydrogens (tertiary/aromatic N) is 2. The van der Waals surface area contributed by atoms with E-state index in [0.717, 1.165) is 0 Å². The van der Waals surface area contributed by atoms with Gasteiger partial charge in [0, 0.05) is 30.5 Å². The van der Waals surface area contributed by atoms with Crippen LogP contribution in [0, 0.1) is 12.7 Å². The normalized spacial score (nSPS) is 14.8. The van der Waals surface area contributed by atoms with Crippen molar-refractivity contribution in [2.24, 2.45) is 0 Å². The number of ether oxygens (including phenoxy) is 3. The summed E-state index contributed by atoms with van der Waals surface area (Å²) in [6, 6.07) is 5.79. The number of aromatic nitrogens is 2. The third kappa shape index (κ3) is 3.02. The van der Waals surface area contributed by atoms with E-state index in [1.165, 1.54) is 26.4 Å². The summed E-state index contributed by atoms with van der Waals surface area (Å²) >= 11 is 0. The SMILES string of the molecule is COC(=O)C1(Oc2cc(-c3ccc(F)cc3OC)nc(C)n2)CC1. The molecular weight excluding hydrogens is 315 g/mol. The molecule has 1 aliphatic rings. The lowest BCUT2D eigenvalue weighted by Crippen LogP contribution is -2.31. The Kier molecular flexibility index (Phi) is 4.09. The molecule has 7 heteroatoms. The summed E-state index contributed by atoms with van der Waals surface area (Å²) in [6.07, 6.45) is 1.16. The van der Waals surface area contributed by atoms with Gasteiger partial charge in [0.25, 0.3) is 0 Å². The first kappa shape index (κ1) is 16.2. The molecule has 1 aliphatic carbocycles. The third-order valence-corrected chi connectivity index (χ3v) is 3.82. The Labute approximate surface area is 138 Å². The molecule has 0 atom stereocenters. The van der Waals surface area contributed by atoms with Crippen molar-refractivity contribution in [2.45, 2.75) is 25.4 Å². The number of hydrogen-bond donors (Lipinski definition) is 0. The minimum Gasteiger partial charge on any atom is -0.496 e. The number of methoxy groups -OCH3 is 2. The van der Waals surface area contributed by atoms with Crippen molar-refractivity contribution >= 4 is 5.97 Å². The predicted octanol–water partition coefficient (Wildman–Crippen LogP) is 2.68. The fraction of sp³-hybridized carbons (Fsp3) is 0.353. The largest absolute Gasteiger partial charge is 0.496 e. The standard InChI is InChI=1S/C17H17FN2O4/c1-10-19-13(12-5-4-11(18)8-14(12)22-2)9-15(20-10)24-17(6-7-17)16(21)23-3/h4-5,8-9H,6-7H2,1-3H3. The lowest BCUT2D eigenvalue weighted by molar-refractivity contribution is -0.151. The second kappa shape index (κ2) is 6.07. The van der Waals surface area contributed by atoms with Crippen molar-refractivity contribution in [1.82, 2.24) is 9.97 Å². The van der Waals surface area contributed by atoms with Gasteiger partial charge in [-0.15, -0.1) is 0 Å². The first-order valence-corrected chi connectivity index (χ1v) is 7.44. The van der Waals surface area contributed by atoms with E-state index in [0.29, 0.717) is 35.7 Å². The second-order valence-electron chi connectivity index (χ2n) is 5.57. The topological polar surface area (TPSA) is 70.5 Å². The summed E-state index contributed by atoms with van der Waals surface area (Å²) in [4.78, 5) is 20.4. The number of benzene rings is 1. The maximum atomic E-state index is 13.4. The summed E-state index contributed by atoms with van der Waals surface area (Å²) in [5.74, 6) is 0.273. The molecule has 0 amide bonds. The van der Waals surface area contributed by atoms with Crippen LogP contribution in [0.4, 0.5) is 4.39 Å². The number of halogens is 1. The predicted molar refractivity (Wildman–Crippen MR) is 83.3 cm³/mol. The van der Waals surface area contributed by atoms with Crippen LogP contribution < -0.4 is 9.47 Å². The summed E-state index contributed by atoms with van der Waals surface area (Å²) in [5.41, 5.74) is 0.173. The van der Waals surface area contributed by atoms with Crippen molar-refractivity contribution in [3.63, 3.8) is 0 Å². The van der Waals surface area contributed by atoms with Gasteiger partial charge in [-0.05, 0) is 19.1 Å². The van der Waals surface area contributed by atoms with E-state index in [1.807, 2.05) is 0 Å². The zero-order valence-electron chi connectivity index (χ0n) is 13.6. The van der Waals surface area contributed by atoms with Gasteiger partial charge in [0.15, 0.2) is 0 Å².